The fourth-order valence-corrected chi connectivity index (χ4v) is 4.74. The van der Waals surface area contributed by atoms with Crippen LogP contribution in [0.15, 0.2) is 36.5 Å². The summed E-state index contributed by atoms with van der Waals surface area (Å²) in [5.74, 6) is 0. The molecule has 1 amide bonds. The molecule has 1 atom stereocenters. The van der Waals surface area contributed by atoms with Gasteiger partial charge in [0.25, 0.3) is 0 Å². The van der Waals surface area contributed by atoms with Crippen molar-refractivity contribution < 1.29 is 9.53 Å². The van der Waals surface area contributed by atoms with E-state index in [1.165, 1.54) is 0 Å². The molecule has 4 rings (SSSR count). The van der Waals surface area contributed by atoms with Crippen LogP contribution in [0.2, 0.25) is 5.02 Å². The number of piperazine rings is 1. The molecule has 1 saturated heterocycles. The van der Waals surface area contributed by atoms with E-state index in [1.807, 2.05) is 45.2 Å². The number of amides is 1. The average molecular weight is 491 g/mol. The van der Waals surface area contributed by atoms with Crippen molar-refractivity contribution in [2.45, 2.75) is 32.4 Å². The Morgan fingerprint density at radius 2 is 1.93 bits per heavy atom. The van der Waals surface area contributed by atoms with Crippen molar-refractivity contribution in [2.75, 3.05) is 26.2 Å². The summed E-state index contributed by atoms with van der Waals surface area (Å²) in [4.78, 5) is 21.4. The third kappa shape index (κ3) is 4.41. The summed E-state index contributed by atoms with van der Waals surface area (Å²) in [5, 5.41) is 0.700. The van der Waals surface area contributed by atoms with Gasteiger partial charge in [-0.1, -0.05) is 39.7 Å². The van der Waals surface area contributed by atoms with Crippen LogP contribution in [0.4, 0.5) is 4.79 Å². The Morgan fingerprint density at radius 3 is 2.63 bits per heavy atom. The molecule has 0 unspecified atom stereocenters. The van der Waals surface area contributed by atoms with Crippen LogP contribution in [0.25, 0.3) is 10.6 Å². The number of benzene rings is 1. The van der Waals surface area contributed by atoms with E-state index in [0.717, 1.165) is 40.0 Å². The summed E-state index contributed by atoms with van der Waals surface area (Å²) in [6, 6.07) is 10.0. The first-order chi connectivity index (χ1) is 14.2. The summed E-state index contributed by atoms with van der Waals surface area (Å²) < 4.78 is 6.53. The van der Waals surface area contributed by atoms with E-state index in [2.05, 4.69) is 39.0 Å². The maximum Gasteiger partial charge on any atom is 0.410 e. The van der Waals surface area contributed by atoms with Crippen LogP contribution < -0.4 is 0 Å². The molecular formula is C23H25BrClN3O2. The molecule has 2 heterocycles. The summed E-state index contributed by atoms with van der Waals surface area (Å²) in [7, 11) is 0. The van der Waals surface area contributed by atoms with E-state index in [-0.39, 0.29) is 12.1 Å². The number of hydrogen-bond donors (Lipinski definition) is 0. The lowest BCUT2D eigenvalue weighted by molar-refractivity contribution is 0.0118. The molecule has 1 aliphatic heterocycles. The Balaban J connectivity index is 1.64. The fraction of sp³-hybridized carbons (Fsp3) is 0.391. The van der Waals surface area contributed by atoms with Gasteiger partial charge in [-0.25, -0.2) is 4.79 Å². The number of fused-ring (bicyclic) bond motifs is 2. The third-order valence-corrected chi connectivity index (χ3v) is 6.20. The quantitative estimate of drug-likeness (QED) is 0.523. The van der Waals surface area contributed by atoms with E-state index in [9.17, 15) is 4.79 Å². The van der Waals surface area contributed by atoms with Gasteiger partial charge in [-0.05, 0) is 61.7 Å². The Bertz CT molecular complexity index is 994. The first-order valence-electron chi connectivity index (χ1n) is 10.1. The molecule has 1 aromatic heterocycles. The van der Waals surface area contributed by atoms with Crippen LogP contribution in [0.5, 0.6) is 0 Å². The van der Waals surface area contributed by atoms with Crippen LogP contribution in [0, 0.1) is 0 Å². The minimum Gasteiger partial charge on any atom is -0.444 e. The second-order valence-electron chi connectivity index (χ2n) is 8.61. The minimum absolute atomic E-state index is 0.0134. The highest BCUT2D eigenvalue weighted by molar-refractivity contribution is 9.15. The molecule has 2 aliphatic rings. The van der Waals surface area contributed by atoms with Gasteiger partial charge in [0.15, 0.2) is 0 Å². The Hall–Kier alpha value is -1.89. The standard InChI is InChI=1S/C23H25BrClN3O2/c1-23(2,3)30-22(29)28-11-9-27(10-12-28)21-17-7-6-16(25)14-18(17)19(24)13-15-5-4-8-26-20(15)21/h4-8,13-14,21H,9-12H2,1-3H3/t21-/m1/s1. The van der Waals surface area contributed by atoms with Gasteiger partial charge in [0.05, 0.1) is 11.7 Å². The highest BCUT2D eigenvalue weighted by atomic mass is 79.9. The van der Waals surface area contributed by atoms with Crippen LogP contribution in [-0.2, 0) is 4.74 Å². The first-order valence-corrected chi connectivity index (χ1v) is 11.2. The molecule has 0 spiro atoms. The molecular weight excluding hydrogens is 466 g/mol. The molecule has 2 aromatic rings. The molecule has 5 nitrogen and oxygen atoms in total. The van der Waals surface area contributed by atoms with E-state index in [0.29, 0.717) is 18.1 Å². The van der Waals surface area contributed by atoms with Crippen molar-refractivity contribution >= 4 is 44.2 Å². The van der Waals surface area contributed by atoms with E-state index in [1.54, 1.807) is 4.90 Å². The lowest BCUT2D eigenvalue weighted by Crippen LogP contribution is -2.51. The van der Waals surface area contributed by atoms with Gasteiger partial charge in [-0.3, -0.25) is 9.88 Å². The van der Waals surface area contributed by atoms with E-state index < -0.39 is 5.60 Å². The number of rotatable bonds is 1. The number of aromatic nitrogens is 1. The predicted octanol–water partition coefficient (Wildman–Crippen LogP) is 5.58. The van der Waals surface area contributed by atoms with Gasteiger partial charge in [-0.2, -0.15) is 0 Å². The number of pyridine rings is 1. The zero-order valence-electron chi connectivity index (χ0n) is 17.4. The van der Waals surface area contributed by atoms with Crippen LogP contribution in [0.3, 0.4) is 0 Å². The van der Waals surface area contributed by atoms with Gasteiger partial charge in [-0.15, -0.1) is 0 Å². The number of hydrogen-bond acceptors (Lipinski definition) is 4. The van der Waals surface area contributed by atoms with Gasteiger partial charge in [0.1, 0.15) is 5.60 Å². The normalized spacial score (nSPS) is 19.4. The second-order valence-corrected chi connectivity index (χ2v) is 9.90. The van der Waals surface area contributed by atoms with Crippen molar-refractivity contribution in [3.05, 3.63) is 63.9 Å². The van der Waals surface area contributed by atoms with Crippen molar-refractivity contribution in [1.29, 1.82) is 0 Å². The maximum absolute atomic E-state index is 12.5. The van der Waals surface area contributed by atoms with Crippen molar-refractivity contribution in [2.24, 2.45) is 0 Å². The van der Waals surface area contributed by atoms with Crippen molar-refractivity contribution in [3.63, 3.8) is 0 Å². The molecule has 0 saturated carbocycles. The lowest BCUT2D eigenvalue weighted by atomic mass is 9.96. The summed E-state index contributed by atoms with van der Waals surface area (Å²) >= 11 is 10.0. The molecule has 0 bridgehead atoms. The smallest absolute Gasteiger partial charge is 0.410 e. The van der Waals surface area contributed by atoms with Gasteiger partial charge >= 0.3 is 6.09 Å². The van der Waals surface area contributed by atoms with Gasteiger partial charge < -0.3 is 9.64 Å². The molecule has 1 aliphatic carbocycles. The van der Waals surface area contributed by atoms with Gasteiger partial charge in [0, 0.05) is 41.9 Å². The first kappa shape index (κ1) is 21.3. The largest absolute Gasteiger partial charge is 0.444 e. The zero-order valence-corrected chi connectivity index (χ0v) is 19.7. The average Bonchev–Trinajstić information content (AvgIpc) is 2.81. The SMILES string of the molecule is CC(C)(C)OC(=O)N1CCN([C@@H]2c3ccc(Cl)cc3C(Br)=Cc3cccnc32)CC1. The summed E-state index contributed by atoms with van der Waals surface area (Å²) in [5.41, 5.74) is 3.83. The number of carbonyl (C=O) groups excluding carboxylic acids is 1. The maximum atomic E-state index is 12.5. The molecule has 1 aromatic carbocycles. The topological polar surface area (TPSA) is 45.7 Å². The minimum atomic E-state index is -0.492. The van der Waals surface area contributed by atoms with Crippen molar-refractivity contribution in [3.8, 4) is 0 Å². The molecule has 0 N–H and O–H groups in total. The van der Waals surface area contributed by atoms with Gasteiger partial charge in [0.2, 0.25) is 0 Å². The second kappa shape index (κ2) is 8.33. The summed E-state index contributed by atoms with van der Waals surface area (Å²) in [6.07, 6.45) is 3.69. The number of nitrogens with zero attached hydrogens (tertiary/aromatic N) is 3. The third-order valence-electron chi connectivity index (χ3n) is 5.31. The predicted molar refractivity (Wildman–Crippen MR) is 124 cm³/mol. The van der Waals surface area contributed by atoms with Crippen LogP contribution in [-0.4, -0.2) is 52.7 Å². The number of halogens is 2. The van der Waals surface area contributed by atoms with Crippen LogP contribution >= 0.6 is 27.5 Å². The van der Waals surface area contributed by atoms with E-state index >= 15 is 0 Å². The summed E-state index contributed by atoms with van der Waals surface area (Å²) in [6.45, 7) is 8.38. The highest BCUT2D eigenvalue weighted by Crippen LogP contribution is 2.42. The molecule has 158 valence electrons. The molecule has 1 fully saturated rings. The highest BCUT2D eigenvalue weighted by Gasteiger charge is 2.34. The lowest BCUT2D eigenvalue weighted by Gasteiger charge is -2.40. The number of ether oxygens (including phenoxy) is 1. The molecule has 7 heteroatoms. The molecule has 30 heavy (non-hydrogen) atoms. The molecule has 0 radical (unpaired) electrons. The van der Waals surface area contributed by atoms with Crippen LogP contribution in [0.1, 0.15) is 49.2 Å². The van der Waals surface area contributed by atoms with Crippen molar-refractivity contribution in [1.82, 2.24) is 14.8 Å². The zero-order chi connectivity index (χ0) is 21.5. The Labute approximate surface area is 190 Å². The monoisotopic (exact) mass is 489 g/mol. The fourth-order valence-electron chi connectivity index (χ4n) is 3.97. The Morgan fingerprint density at radius 1 is 1.20 bits per heavy atom. The van der Waals surface area contributed by atoms with E-state index in [4.69, 9.17) is 21.3 Å². The Kier molecular flexibility index (Phi) is 5.93. The number of carbonyl (C=O) groups is 1.